The van der Waals surface area contributed by atoms with Crippen LogP contribution in [-0.2, 0) is 11.2 Å². The smallest absolute Gasteiger partial charge is 0.257 e. The molecule has 2 aromatic heterocycles. The predicted octanol–water partition coefficient (Wildman–Crippen LogP) is 3.66. The summed E-state index contributed by atoms with van der Waals surface area (Å²) in [6, 6.07) is 12.0. The number of thioether (sulfide) groups is 1. The van der Waals surface area contributed by atoms with Crippen LogP contribution in [0.15, 0.2) is 56.8 Å². The highest BCUT2D eigenvalue weighted by Crippen LogP contribution is 2.44. The number of nitrogens with zero attached hydrogens (tertiary/aromatic N) is 2. The van der Waals surface area contributed by atoms with Gasteiger partial charge in [-0.25, -0.2) is 0 Å². The zero-order chi connectivity index (χ0) is 22.8. The summed E-state index contributed by atoms with van der Waals surface area (Å²) in [4.78, 5) is 29.9. The summed E-state index contributed by atoms with van der Waals surface area (Å²) >= 11 is 3.47. The van der Waals surface area contributed by atoms with Crippen LogP contribution in [0, 0.1) is 6.92 Å². The van der Waals surface area contributed by atoms with Crippen LogP contribution in [-0.4, -0.2) is 54.8 Å². The molecule has 1 atom stereocenters. The lowest BCUT2D eigenvalue weighted by atomic mass is 10.0. The third kappa shape index (κ3) is 4.66. The monoisotopic (exact) mass is 481 g/mol. The number of benzene rings is 1. The van der Waals surface area contributed by atoms with Gasteiger partial charge in [-0.15, -0.1) is 11.8 Å². The Bertz CT molecular complexity index is 1200. The summed E-state index contributed by atoms with van der Waals surface area (Å²) < 4.78 is 7.50. The van der Waals surface area contributed by atoms with Gasteiger partial charge in [0.1, 0.15) is 5.56 Å². The van der Waals surface area contributed by atoms with Crippen LogP contribution >= 0.6 is 23.1 Å². The topological polar surface area (TPSA) is 63.6 Å². The minimum atomic E-state index is -0.287. The van der Waals surface area contributed by atoms with Gasteiger partial charge in [0.05, 0.1) is 18.9 Å². The standard InChI is InChI=1S/C25H27N3O3S2/c1-17-14-21(29)24(25(30)26-7-8-27-9-11-31-12-10-27)20-15-23(18-6-13-32-16-18)33-22-5-3-2-4-19(22)28(17)20/h2-6,13-14,16,23H,7-12,15H2,1H3,(H,26,30)/t23-/m0/s1. The first kappa shape index (κ1) is 22.4. The van der Waals surface area contributed by atoms with E-state index >= 15 is 0 Å². The number of ether oxygens (including phenoxy) is 1. The Kier molecular flexibility index (Phi) is 6.69. The number of aromatic nitrogens is 1. The van der Waals surface area contributed by atoms with E-state index < -0.39 is 0 Å². The molecule has 5 rings (SSSR count). The number of carbonyl (C=O) groups excluding carboxylic acids is 1. The number of carbonyl (C=O) groups is 1. The number of rotatable bonds is 5. The third-order valence-electron chi connectivity index (χ3n) is 6.21. The van der Waals surface area contributed by atoms with E-state index in [-0.39, 0.29) is 22.1 Å². The van der Waals surface area contributed by atoms with Gasteiger partial charge in [-0.2, -0.15) is 11.3 Å². The van der Waals surface area contributed by atoms with E-state index in [1.54, 1.807) is 29.2 Å². The zero-order valence-corrected chi connectivity index (χ0v) is 20.2. The van der Waals surface area contributed by atoms with Crippen LogP contribution in [0.1, 0.15) is 32.6 Å². The number of amides is 1. The van der Waals surface area contributed by atoms with Crippen molar-refractivity contribution in [2.75, 3.05) is 39.4 Å². The number of para-hydroxylation sites is 1. The molecular formula is C25H27N3O3S2. The lowest BCUT2D eigenvalue weighted by Crippen LogP contribution is -2.42. The van der Waals surface area contributed by atoms with Crippen molar-refractivity contribution < 1.29 is 9.53 Å². The molecule has 0 spiro atoms. The molecule has 8 heteroatoms. The van der Waals surface area contributed by atoms with Crippen LogP contribution in [0.4, 0.5) is 0 Å². The Morgan fingerprint density at radius 1 is 1.21 bits per heavy atom. The number of nitrogens with one attached hydrogen (secondary N) is 1. The number of fused-ring (bicyclic) bond motifs is 3. The van der Waals surface area contributed by atoms with E-state index in [0.29, 0.717) is 13.0 Å². The van der Waals surface area contributed by atoms with Crippen molar-refractivity contribution in [1.82, 2.24) is 14.8 Å². The van der Waals surface area contributed by atoms with Gasteiger partial charge in [0, 0.05) is 60.2 Å². The molecule has 33 heavy (non-hydrogen) atoms. The minimum Gasteiger partial charge on any atom is -0.379 e. The first-order chi connectivity index (χ1) is 16.1. The number of pyridine rings is 1. The zero-order valence-electron chi connectivity index (χ0n) is 18.6. The summed E-state index contributed by atoms with van der Waals surface area (Å²) in [5, 5.41) is 7.38. The van der Waals surface area contributed by atoms with Crippen LogP contribution in [0.3, 0.4) is 0 Å². The molecule has 0 radical (unpaired) electrons. The molecule has 4 heterocycles. The van der Waals surface area contributed by atoms with Crippen LogP contribution < -0.4 is 10.7 Å². The molecule has 1 saturated heterocycles. The number of aryl methyl sites for hydroxylation is 1. The first-order valence-corrected chi connectivity index (χ1v) is 13.1. The van der Waals surface area contributed by atoms with Gasteiger partial charge in [-0.05, 0) is 41.4 Å². The fraction of sp³-hybridized carbons (Fsp3) is 0.360. The Morgan fingerprint density at radius 2 is 2.03 bits per heavy atom. The average Bonchev–Trinajstić information content (AvgIpc) is 3.29. The normalized spacial score (nSPS) is 18.3. The molecule has 1 N–H and O–H groups in total. The fourth-order valence-electron chi connectivity index (χ4n) is 4.56. The van der Waals surface area contributed by atoms with Crippen LogP contribution in [0.2, 0.25) is 0 Å². The Morgan fingerprint density at radius 3 is 2.82 bits per heavy atom. The molecule has 1 aromatic carbocycles. The maximum absolute atomic E-state index is 13.3. The molecule has 1 amide bonds. The Balaban J connectivity index is 1.51. The highest BCUT2D eigenvalue weighted by atomic mass is 32.2. The summed E-state index contributed by atoms with van der Waals surface area (Å²) in [6.45, 7) is 6.39. The second-order valence-electron chi connectivity index (χ2n) is 8.35. The van der Waals surface area contributed by atoms with Crippen molar-refractivity contribution in [3.63, 3.8) is 0 Å². The molecule has 2 aliphatic heterocycles. The molecule has 2 aliphatic rings. The number of morpholine rings is 1. The highest BCUT2D eigenvalue weighted by Gasteiger charge is 2.29. The summed E-state index contributed by atoms with van der Waals surface area (Å²) in [6.07, 6.45) is 0.610. The van der Waals surface area contributed by atoms with Gasteiger partial charge in [0.2, 0.25) is 0 Å². The minimum absolute atomic E-state index is 0.132. The molecular weight excluding hydrogens is 454 g/mol. The van der Waals surface area contributed by atoms with E-state index in [9.17, 15) is 9.59 Å². The summed E-state index contributed by atoms with van der Waals surface area (Å²) in [5.74, 6) is -0.287. The Hall–Kier alpha value is -2.39. The van der Waals surface area contributed by atoms with E-state index in [2.05, 4.69) is 43.7 Å². The maximum Gasteiger partial charge on any atom is 0.257 e. The van der Waals surface area contributed by atoms with Gasteiger partial charge in [-0.1, -0.05) is 12.1 Å². The van der Waals surface area contributed by atoms with Crippen molar-refractivity contribution in [2.45, 2.75) is 23.5 Å². The van der Waals surface area contributed by atoms with Gasteiger partial charge >= 0.3 is 0 Å². The molecule has 3 aromatic rings. The highest BCUT2D eigenvalue weighted by molar-refractivity contribution is 7.99. The van der Waals surface area contributed by atoms with Crippen molar-refractivity contribution in [2.24, 2.45) is 0 Å². The van der Waals surface area contributed by atoms with Crippen molar-refractivity contribution in [1.29, 1.82) is 0 Å². The molecule has 6 nitrogen and oxygen atoms in total. The molecule has 0 aliphatic carbocycles. The summed E-state index contributed by atoms with van der Waals surface area (Å²) in [7, 11) is 0. The van der Waals surface area contributed by atoms with E-state index in [1.165, 1.54) is 5.56 Å². The van der Waals surface area contributed by atoms with Crippen LogP contribution in [0.5, 0.6) is 0 Å². The van der Waals surface area contributed by atoms with E-state index in [1.807, 2.05) is 19.1 Å². The number of thiophene rings is 1. The number of hydrogen-bond acceptors (Lipinski definition) is 6. The van der Waals surface area contributed by atoms with Gasteiger partial charge < -0.3 is 14.6 Å². The lowest BCUT2D eigenvalue weighted by Gasteiger charge is -2.26. The molecule has 0 saturated carbocycles. The fourth-order valence-corrected chi connectivity index (χ4v) is 6.63. The van der Waals surface area contributed by atoms with Gasteiger partial charge in [0.25, 0.3) is 5.91 Å². The van der Waals surface area contributed by atoms with Gasteiger partial charge in [-0.3, -0.25) is 14.5 Å². The largest absolute Gasteiger partial charge is 0.379 e. The predicted molar refractivity (Wildman–Crippen MR) is 133 cm³/mol. The molecule has 172 valence electrons. The summed E-state index contributed by atoms with van der Waals surface area (Å²) in [5.41, 5.74) is 3.93. The van der Waals surface area contributed by atoms with Crippen molar-refractivity contribution >= 4 is 29.0 Å². The second kappa shape index (κ2) is 9.85. The van der Waals surface area contributed by atoms with Crippen LogP contribution in [0.25, 0.3) is 5.69 Å². The third-order valence-corrected chi connectivity index (χ3v) is 8.24. The first-order valence-electron chi connectivity index (χ1n) is 11.2. The SMILES string of the molecule is Cc1cc(=O)c(C(=O)NCCN2CCOCC2)c2n1-c1ccccc1S[C@H](c1ccsc1)C2. The second-order valence-corrected chi connectivity index (χ2v) is 10.4. The molecule has 1 fully saturated rings. The van der Waals surface area contributed by atoms with Crippen molar-refractivity contribution in [3.05, 3.63) is 79.9 Å². The molecule has 0 bridgehead atoms. The maximum atomic E-state index is 13.3. The Labute approximate surface area is 201 Å². The molecule has 0 unspecified atom stereocenters. The van der Waals surface area contributed by atoms with E-state index in [4.69, 9.17) is 4.74 Å². The van der Waals surface area contributed by atoms with Gasteiger partial charge in [0.15, 0.2) is 5.43 Å². The lowest BCUT2D eigenvalue weighted by molar-refractivity contribution is 0.0383. The van der Waals surface area contributed by atoms with E-state index in [0.717, 1.165) is 54.8 Å². The van der Waals surface area contributed by atoms with Crippen molar-refractivity contribution in [3.8, 4) is 5.69 Å². The quantitative estimate of drug-likeness (QED) is 0.603. The number of hydrogen-bond donors (Lipinski definition) is 1. The average molecular weight is 482 g/mol.